The van der Waals surface area contributed by atoms with Crippen LogP contribution in [0.4, 0.5) is 0 Å². The van der Waals surface area contributed by atoms with Gasteiger partial charge in [-0.25, -0.2) is 0 Å². The highest BCUT2D eigenvalue weighted by Gasteiger charge is 2.56. The predicted molar refractivity (Wildman–Crippen MR) is 115 cm³/mol. The SMILES string of the molecule is CC1(C)OB(c2cc3c(cc2B2OC(C)(C)C(C)(C)O2)CCCC3)OC1(C)C. The molecule has 4 rings (SSSR count). The Balaban J connectivity index is 1.78. The zero-order valence-electron chi connectivity index (χ0n) is 18.8. The van der Waals surface area contributed by atoms with Gasteiger partial charge >= 0.3 is 14.2 Å². The first-order valence-corrected chi connectivity index (χ1v) is 10.7. The van der Waals surface area contributed by atoms with Gasteiger partial charge in [-0.3, -0.25) is 0 Å². The first kappa shape index (κ1) is 20.5. The number of fused-ring (bicyclic) bond motifs is 1. The molecule has 0 unspecified atom stereocenters. The van der Waals surface area contributed by atoms with Crippen LogP contribution in [-0.4, -0.2) is 36.6 Å². The summed E-state index contributed by atoms with van der Waals surface area (Å²) in [4.78, 5) is 0. The molecule has 0 bridgehead atoms. The van der Waals surface area contributed by atoms with Crippen molar-refractivity contribution in [1.29, 1.82) is 0 Å². The van der Waals surface area contributed by atoms with Crippen LogP contribution in [0.5, 0.6) is 0 Å². The van der Waals surface area contributed by atoms with Crippen molar-refractivity contribution in [3.8, 4) is 0 Å². The summed E-state index contributed by atoms with van der Waals surface area (Å²) in [5, 5.41) is 0. The molecule has 6 heteroatoms. The van der Waals surface area contributed by atoms with Crippen LogP contribution in [-0.2, 0) is 31.5 Å². The third-order valence-electron chi connectivity index (χ3n) is 7.56. The molecule has 28 heavy (non-hydrogen) atoms. The van der Waals surface area contributed by atoms with Gasteiger partial charge in [0.25, 0.3) is 0 Å². The Morgan fingerprint density at radius 2 is 0.857 bits per heavy atom. The molecule has 0 saturated carbocycles. The second kappa shape index (κ2) is 6.34. The minimum Gasteiger partial charge on any atom is -0.399 e. The van der Waals surface area contributed by atoms with Gasteiger partial charge in [0, 0.05) is 0 Å². The van der Waals surface area contributed by atoms with Crippen LogP contribution in [0.25, 0.3) is 0 Å². The molecule has 2 heterocycles. The first-order chi connectivity index (χ1) is 12.8. The first-order valence-electron chi connectivity index (χ1n) is 10.7. The highest BCUT2D eigenvalue weighted by molar-refractivity contribution is 6.74. The third-order valence-corrected chi connectivity index (χ3v) is 7.56. The molecular formula is C22H34B2O4. The zero-order chi connectivity index (χ0) is 20.5. The molecule has 1 aromatic rings. The van der Waals surface area contributed by atoms with Gasteiger partial charge in [0.1, 0.15) is 0 Å². The Kier molecular flexibility index (Phi) is 4.63. The smallest absolute Gasteiger partial charge is 0.399 e. The van der Waals surface area contributed by atoms with Gasteiger partial charge in [0.05, 0.1) is 22.4 Å². The fourth-order valence-electron chi connectivity index (χ4n) is 4.17. The summed E-state index contributed by atoms with van der Waals surface area (Å²) >= 11 is 0. The summed E-state index contributed by atoms with van der Waals surface area (Å²) in [6, 6.07) is 4.58. The highest BCUT2D eigenvalue weighted by Crippen LogP contribution is 2.38. The molecular weight excluding hydrogens is 350 g/mol. The molecule has 0 radical (unpaired) electrons. The predicted octanol–water partition coefficient (Wildman–Crippen LogP) is 3.16. The van der Waals surface area contributed by atoms with Crippen molar-refractivity contribution in [1.82, 2.24) is 0 Å². The van der Waals surface area contributed by atoms with E-state index in [0.29, 0.717) is 0 Å². The molecule has 1 aliphatic carbocycles. The fourth-order valence-corrected chi connectivity index (χ4v) is 4.17. The van der Waals surface area contributed by atoms with Crippen molar-refractivity contribution in [2.45, 2.75) is 103 Å². The Bertz CT molecular complexity index is 688. The third kappa shape index (κ3) is 3.17. The van der Waals surface area contributed by atoms with Crippen molar-refractivity contribution in [3.63, 3.8) is 0 Å². The van der Waals surface area contributed by atoms with E-state index >= 15 is 0 Å². The van der Waals surface area contributed by atoms with Crippen LogP contribution in [0.2, 0.25) is 0 Å². The minimum absolute atomic E-state index is 0.374. The van der Waals surface area contributed by atoms with E-state index in [0.717, 1.165) is 23.8 Å². The van der Waals surface area contributed by atoms with E-state index in [2.05, 4.69) is 67.5 Å². The van der Waals surface area contributed by atoms with Crippen molar-refractivity contribution in [3.05, 3.63) is 23.3 Å². The molecule has 1 aromatic carbocycles. The van der Waals surface area contributed by atoms with Crippen molar-refractivity contribution in [2.24, 2.45) is 0 Å². The number of benzene rings is 1. The van der Waals surface area contributed by atoms with Crippen LogP contribution >= 0.6 is 0 Å². The van der Waals surface area contributed by atoms with E-state index in [4.69, 9.17) is 18.6 Å². The summed E-state index contributed by atoms with van der Waals surface area (Å²) in [6.07, 6.45) is 4.72. The maximum absolute atomic E-state index is 6.41. The molecule has 2 fully saturated rings. The number of rotatable bonds is 2. The van der Waals surface area contributed by atoms with E-state index in [1.807, 2.05) is 0 Å². The largest absolute Gasteiger partial charge is 0.494 e. The normalized spacial score (nSPS) is 27.1. The van der Waals surface area contributed by atoms with E-state index in [-0.39, 0.29) is 22.4 Å². The lowest BCUT2D eigenvalue weighted by Gasteiger charge is -2.32. The summed E-state index contributed by atoms with van der Waals surface area (Å²) in [5.74, 6) is 0. The lowest BCUT2D eigenvalue weighted by molar-refractivity contribution is 0.00578. The van der Waals surface area contributed by atoms with Gasteiger partial charge in [-0.05, 0) is 103 Å². The Labute approximate surface area is 170 Å². The molecule has 3 aliphatic rings. The monoisotopic (exact) mass is 384 g/mol. The number of hydrogen-bond acceptors (Lipinski definition) is 4. The molecule has 0 atom stereocenters. The summed E-state index contributed by atoms with van der Waals surface area (Å²) in [6.45, 7) is 16.8. The molecule has 152 valence electrons. The lowest BCUT2D eigenvalue weighted by atomic mass is 9.63. The average molecular weight is 384 g/mol. The summed E-state index contributed by atoms with van der Waals surface area (Å²) in [7, 11) is -0.822. The van der Waals surface area contributed by atoms with Crippen LogP contribution in [0.15, 0.2) is 12.1 Å². The van der Waals surface area contributed by atoms with Crippen molar-refractivity contribution < 1.29 is 18.6 Å². The van der Waals surface area contributed by atoms with Gasteiger partial charge in [-0.2, -0.15) is 0 Å². The van der Waals surface area contributed by atoms with E-state index in [9.17, 15) is 0 Å². The Morgan fingerprint density at radius 1 is 0.571 bits per heavy atom. The molecule has 0 spiro atoms. The zero-order valence-corrected chi connectivity index (χ0v) is 18.8. The maximum Gasteiger partial charge on any atom is 0.494 e. The quantitative estimate of drug-likeness (QED) is 0.735. The van der Waals surface area contributed by atoms with E-state index in [1.54, 1.807) is 0 Å². The summed E-state index contributed by atoms with van der Waals surface area (Å²) in [5.41, 5.74) is 3.44. The Hall–Kier alpha value is -0.810. The fraction of sp³-hybridized carbons (Fsp3) is 0.727. The van der Waals surface area contributed by atoms with Gasteiger partial charge in [0.15, 0.2) is 0 Å². The standard InChI is InChI=1S/C22H34B2O4/c1-19(2)20(3,4)26-23(25-19)17-13-15-11-9-10-12-16(15)14-18(17)24-27-21(5,6)22(7,8)28-24/h13-14H,9-12H2,1-8H3. The molecule has 0 amide bonds. The van der Waals surface area contributed by atoms with Crippen LogP contribution in [0, 0.1) is 0 Å². The van der Waals surface area contributed by atoms with Crippen LogP contribution in [0.3, 0.4) is 0 Å². The molecule has 0 N–H and O–H groups in total. The average Bonchev–Trinajstić information content (AvgIpc) is 2.93. The minimum atomic E-state index is -0.411. The number of hydrogen-bond donors (Lipinski definition) is 0. The van der Waals surface area contributed by atoms with E-state index < -0.39 is 14.2 Å². The second-order valence-corrected chi connectivity index (χ2v) is 10.6. The maximum atomic E-state index is 6.41. The number of aryl methyl sites for hydroxylation is 2. The molecule has 0 aromatic heterocycles. The van der Waals surface area contributed by atoms with Gasteiger partial charge in [-0.15, -0.1) is 0 Å². The Morgan fingerprint density at radius 3 is 1.14 bits per heavy atom. The topological polar surface area (TPSA) is 36.9 Å². The lowest BCUT2D eigenvalue weighted by Crippen LogP contribution is -2.52. The molecule has 2 saturated heterocycles. The van der Waals surface area contributed by atoms with Gasteiger partial charge in [-0.1, -0.05) is 12.1 Å². The molecule has 2 aliphatic heterocycles. The second-order valence-electron chi connectivity index (χ2n) is 10.6. The summed E-state index contributed by atoms with van der Waals surface area (Å²) < 4.78 is 25.6. The van der Waals surface area contributed by atoms with Crippen LogP contribution in [0.1, 0.15) is 79.4 Å². The van der Waals surface area contributed by atoms with Crippen molar-refractivity contribution in [2.75, 3.05) is 0 Å². The molecule has 4 nitrogen and oxygen atoms in total. The highest BCUT2D eigenvalue weighted by atomic mass is 16.7. The van der Waals surface area contributed by atoms with Crippen molar-refractivity contribution >= 4 is 25.2 Å². The van der Waals surface area contributed by atoms with E-state index in [1.165, 1.54) is 24.0 Å². The van der Waals surface area contributed by atoms with Gasteiger partial charge < -0.3 is 18.6 Å². The van der Waals surface area contributed by atoms with Gasteiger partial charge in [0.2, 0.25) is 0 Å². The van der Waals surface area contributed by atoms with Crippen LogP contribution < -0.4 is 10.9 Å².